The molecule has 80 valence electrons. The Kier molecular flexibility index (Phi) is 4.58. The quantitative estimate of drug-likeness (QED) is 0.687. The molecule has 0 aliphatic heterocycles. The van der Waals surface area contributed by atoms with Gasteiger partial charge in [-0.25, -0.2) is 0 Å². The molecule has 1 atom stereocenters. The van der Waals surface area contributed by atoms with Crippen molar-refractivity contribution in [1.29, 1.82) is 0 Å². The van der Waals surface area contributed by atoms with Crippen LogP contribution in [0.1, 0.15) is 18.4 Å². The van der Waals surface area contributed by atoms with Crippen molar-refractivity contribution < 1.29 is 9.26 Å². The summed E-state index contributed by atoms with van der Waals surface area (Å²) in [4.78, 5) is 0. The van der Waals surface area contributed by atoms with Gasteiger partial charge in [-0.2, -0.15) is 0 Å². The smallest absolute Gasteiger partial charge is 0.162 e. The van der Waals surface area contributed by atoms with Gasteiger partial charge in [-0.05, 0) is 6.92 Å². The topological polar surface area (TPSA) is 73.3 Å². The van der Waals surface area contributed by atoms with E-state index in [0.717, 1.165) is 11.5 Å². The number of aromatic nitrogens is 1. The molecule has 1 aromatic rings. The molecule has 0 fully saturated rings. The van der Waals surface area contributed by atoms with Gasteiger partial charge in [0.1, 0.15) is 6.61 Å². The summed E-state index contributed by atoms with van der Waals surface area (Å²) in [6.07, 6.45) is 0. The highest BCUT2D eigenvalue weighted by Crippen LogP contribution is 2.04. The van der Waals surface area contributed by atoms with Crippen LogP contribution in [0.25, 0.3) is 0 Å². The van der Waals surface area contributed by atoms with E-state index >= 15 is 0 Å². The van der Waals surface area contributed by atoms with Gasteiger partial charge in [0.05, 0.1) is 5.69 Å². The second kappa shape index (κ2) is 5.74. The van der Waals surface area contributed by atoms with Crippen molar-refractivity contribution in [3.63, 3.8) is 0 Å². The Bertz CT molecular complexity index is 262. The van der Waals surface area contributed by atoms with Crippen molar-refractivity contribution in [2.45, 2.75) is 26.1 Å². The first-order chi connectivity index (χ1) is 6.76. The van der Waals surface area contributed by atoms with Crippen molar-refractivity contribution >= 4 is 0 Å². The van der Waals surface area contributed by atoms with Gasteiger partial charge in [0.25, 0.3) is 0 Å². The Morgan fingerprint density at radius 1 is 1.71 bits per heavy atom. The maximum absolute atomic E-state index is 5.46. The standard InChI is InChI=1S/C9H17N3O2/c1-7(4-10)11-5-8-3-9(6-13-2)14-12-8/h3,7,11H,4-6,10H2,1-2H3/t7-/m1/s1. The third kappa shape index (κ3) is 3.45. The lowest BCUT2D eigenvalue weighted by Crippen LogP contribution is -2.32. The number of hydrogen-bond donors (Lipinski definition) is 2. The van der Waals surface area contributed by atoms with E-state index in [4.69, 9.17) is 15.0 Å². The molecular formula is C9H17N3O2. The maximum atomic E-state index is 5.46. The fourth-order valence-electron chi connectivity index (χ4n) is 1.01. The van der Waals surface area contributed by atoms with Gasteiger partial charge in [-0.1, -0.05) is 5.16 Å². The second-order valence-electron chi connectivity index (χ2n) is 3.24. The first-order valence-corrected chi connectivity index (χ1v) is 4.63. The van der Waals surface area contributed by atoms with Crippen LogP contribution in [0.3, 0.4) is 0 Å². The van der Waals surface area contributed by atoms with Crippen molar-refractivity contribution in [3.05, 3.63) is 17.5 Å². The zero-order valence-corrected chi connectivity index (χ0v) is 8.62. The van der Waals surface area contributed by atoms with Gasteiger partial charge >= 0.3 is 0 Å². The van der Waals surface area contributed by atoms with Crippen molar-refractivity contribution in [3.8, 4) is 0 Å². The number of methoxy groups -OCH3 is 1. The van der Waals surface area contributed by atoms with Crippen molar-refractivity contribution in [1.82, 2.24) is 10.5 Å². The number of hydrogen-bond acceptors (Lipinski definition) is 5. The monoisotopic (exact) mass is 199 g/mol. The summed E-state index contributed by atoms with van der Waals surface area (Å²) in [5.74, 6) is 0.740. The summed E-state index contributed by atoms with van der Waals surface area (Å²) >= 11 is 0. The molecular weight excluding hydrogens is 182 g/mol. The van der Waals surface area contributed by atoms with Crippen LogP contribution in [0.4, 0.5) is 0 Å². The number of nitrogens with two attached hydrogens (primary N) is 1. The van der Waals surface area contributed by atoms with E-state index in [1.807, 2.05) is 13.0 Å². The average Bonchev–Trinajstić information content (AvgIpc) is 2.63. The fraction of sp³-hybridized carbons (Fsp3) is 0.667. The van der Waals surface area contributed by atoms with E-state index in [0.29, 0.717) is 19.7 Å². The molecule has 0 aliphatic rings. The van der Waals surface area contributed by atoms with Crippen LogP contribution in [-0.4, -0.2) is 24.9 Å². The molecule has 0 amide bonds. The molecule has 0 aromatic carbocycles. The van der Waals surface area contributed by atoms with Gasteiger partial charge in [0.15, 0.2) is 5.76 Å². The van der Waals surface area contributed by atoms with Gasteiger partial charge in [-0.15, -0.1) is 0 Å². The molecule has 1 rings (SSSR count). The summed E-state index contributed by atoms with van der Waals surface area (Å²) in [6, 6.07) is 2.16. The Hall–Kier alpha value is -0.910. The average molecular weight is 199 g/mol. The maximum Gasteiger partial charge on any atom is 0.162 e. The molecule has 0 spiro atoms. The zero-order valence-electron chi connectivity index (χ0n) is 8.62. The molecule has 5 heteroatoms. The van der Waals surface area contributed by atoms with Crippen LogP contribution in [0.15, 0.2) is 10.6 Å². The Labute approximate surface area is 83.6 Å². The highest BCUT2D eigenvalue weighted by Gasteiger charge is 2.04. The van der Waals surface area contributed by atoms with Crippen LogP contribution in [0.5, 0.6) is 0 Å². The molecule has 0 radical (unpaired) electrons. The van der Waals surface area contributed by atoms with Crippen molar-refractivity contribution in [2.24, 2.45) is 5.73 Å². The number of nitrogens with one attached hydrogen (secondary N) is 1. The van der Waals surface area contributed by atoms with E-state index in [1.165, 1.54) is 0 Å². The summed E-state index contributed by atoms with van der Waals surface area (Å²) < 4.78 is 9.94. The van der Waals surface area contributed by atoms with Gasteiger partial charge < -0.3 is 20.3 Å². The van der Waals surface area contributed by atoms with E-state index in [2.05, 4.69) is 10.5 Å². The largest absolute Gasteiger partial charge is 0.377 e. The number of nitrogens with zero attached hydrogens (tertiary/aromatic N) is 1. The van der Waals surface area contributed by atoms with Gasteiger partial charge in [0, 0.05) is 32.3 Å². The normalized spacial score (nSPS) is 13.1. The number of rotatable bonds is 6. The first kappa shape index (κ1) is 11.2. The van der Waals surface area contributed by atoms with Gasteiger partial charge in [-0.3, -0.25) is 0 Å². The SMILES string of the molecule is COCc1cc(CN[C@H](C)CN)no1. The predicted molar refractivity (Wildman–Crippen MR) is 52.6 cm³/mol. The van der Waals surface area contributed by atoms with E-state index in [1.54, 1.807) is 7.11 Å². The minimum Gasteiger partial charge on any atom is -0.377 e. The second-order valence-corrected chi connectivity index (χ2v) is 3.24. The van der Waals surface area contributed by atoms with E-state index in [9.17, 15) is 0 Å². The minimum absolute atomic E-state index is 0.289. The summed E-state index contributed by atoms with van der Waals surface area (Å²) in [5, 5.41) is 7.10. The third-order valence-corrected chi connectivity index (χ3v) is 1.88. The van der Waals surface area contributed by atoms with Crippen LogP contribution < -0.4 is 11.1 Å². The molecule has 1 aromatic heterocycles. The molecule has 0 bridgehead atoms. The molecule has 14 heavy (non-hydrogen) atoms. The summed E-state index contributed by atoms with van der Waals surface area (Å²) in [7, 11) is 1.62. The van der Waals surface area contributed by atoms with Crippen LogP contribution in [0.2, 0.25) is 0 Å². The highest BCUT2D eigenvalue weighted by atomic mass is 16.5. The summed E-state index contributed by atoms with van der Waals surface area (Å²) in [6.45, 7) is 3.77. The lowest BCUT2D eigenvalue weighted by Gasteiger charge is -2.08. The lowest BCUT2D eigenvalue weighted by molar-refractivity contribution is 0.155. The fourth-order valence-corrected chi connectivity index (χ4v) is 1.01. The molecule has 0 saturated carbocycles. The van der Waals surface area contributed by atoms with E-state index < -0.39 is 0 Å². The molecule has 0 aliphatic carbocycles. The first-order valence-electron chi connectivity index (χ1n) is 4.63. The minimum atomic E-state index is 0.289. The molecule has 0 unspecified atom stereocenters. The van der Waals surface area contributed by atoms with Gasteiger partial charge in [0.2, 0.25) is 0 Å². The molecule has 5 nitrogen and oxygen atoms in total. The number of ether oxygens (including phenoxy) is 1. The molecule has 1 heterocycles. The molecule has 0 saturated heterocycles. The van der Waals surface area contributed by atoms with Crippen molar-refractivity contribution in [2.75, 3.05) is 13.7 Å². The zero-order chi connectivity index (χ0) is 10.4. The van der Waals surface area contributed by atoms with Crippen LogP contribution >= 0.6 is 0 Å². The lowest BCUT2D eigenvalue weighted by atomic mass is 10.3. The summed E-state index contributed by atoms with van der Waals surface area (Å²) in [5.41, 5.74) is 6.34. The van der Waals surface area contributed by atoms with E-state index in [-0.39, 0.29) is 6.04 Å². The Morgan fingerprint density at radius 2 is 2.50 bits per heavy atom. The third-order valence-electron chi connectivity index (χ3n) is 1.88. The van der Waals surface area contributed by atoms with Crippen LogP contribution in [0, 0.1) is 0 Å². The highest BCUT2D eigenvalue weighted by molar-refractivity contribution is 5.04. The van der Waals surface area contributed by atoms with Crippen LogP contribution in [-0.2, 0) is 17.9 Å². The predicted octanol–water partition coefficient (Wildman–Crippen LogP) is 0.258. The molecule has 3 N–H and O–H groups in total. The Balaban J connectivity index is 2.35. The Morgan fingerprint density at radius 3 is 3.14 bits per heavy atom.